The van der Waals surface area contributed by atoms with E-state index in [0.29, 0.717) is 15.7 Å². The Bertz CT molecular complexity index is 646. The van der Waals surface area contributed by atoms with Crippen LogP contribution in [0.15, 0.2) is 46.9 Å². The molecule has 0 bridgehead atoms. The zero-order valence-corrected chi connectivity index (χ0v) is 12.9. The lowest BCUT2D eigenvalue weighted by Gasteiger charge is -2.17. The number of rotatable bonds is 4. The zero-order valence-electron chi connectivity index (χ0n) is 11.4. The molecule has 6 heteroatoms. The number of carbonyl (C=O) groups excluding carboxylic acids is 1. The Hall–Kier alpha value is -2.08. The Kier molecular flexibility index (Phi) is 4.80. The van der Waals surface area contributed by atoms with Gasteiger partial charge in [0.25, 0.3) is 0 Å². The van der Waals surface area contributed by atoms with Gasteiger partial charge in [-0.15, -0.1) is 0 Å². The zero-order chi connectivity index (χ0) is 15.4. The fourth-order valence-corrected chi connectivity index (χ4v) is 2.31. The van der Waals surface area contributed by atoms with E-state index in [0.717, 1.165) is 5.69 Å². The molecule has 2 amide bonds. The smallest absolute Gasteiger partial charge is 0.316 e. The number of nitrogens with one attached hydrogen (secondary N) is 2. The van der Waals surface area contributed by atoms with Crippen molar-refractivity contribution in [3.63, 3.8) is 0 Å². The molecule has 0 spiro atoms. The molecule has 2 rings (SSSR count). The molecule has 0 aromatic heterocycles. The third-order valence-corrected chi connectivity index (χ3v) is 3.46. The minimum absolute atomic E-state index is 0.187. The molecule has 0 aliphatic carbocycles. The van der Waals surface area contributed by atoms with Gasteiger partial charge >= 0.3 is 6.03 Å². The molecule has 1 unspecified atom stereocenters. The molecule has 4 N–H and O–H groups in total. The third kappa shape index (κ3) is 4.19. The maximum Gasteiger partial charge on any atom is 0.316 e. The van der Waals surface area contributed by atoms with E-state index in [2.05, 4.69) is 26.6 Å². The van der Waals surface area contributed by atoms with Crippen molar-refractivity contribution in [1.82, 2.24) is 0 Å². The number of hydrogen-bond donors (Lipinski definition) is 3. The average molecular weight is 352 g/mol. The average Bonchev–Trinajstić information content (AvgIpc) is 2.40. The van der Waals surface area contributed by atoms with Gasteiger partial charge in [0.2, 0.25) is 0 Å². The first-order valence-corrected chi connectivity index (χ1v) is 7.13. The van der Waals surface area contributed by atoms with Crippen LogP contribution in [0.4, 0.5) is 20.6 Å². The van der Waals surface area contributed by atoms with Crippen molar-refractivity contribution in [3.05, 3.63) is 58.3 Å². The van der Waals surface area contributed by atoms with Gasteiger partial charge in [-0.2, -0.15) is 0 Å². The molecule has 110 valence electrons. The molecule has 2 aromatic rings. The van der Waals surface area contributed by atoms with Gasteiger partial charge in [-0.25, -0.2) is 9.18 Å². The first-order chi connectivity index (χ1) is 9.95. The van der Waals surface area contributed by atoms with Crippen molar-refractivity contribution in [2.24, 2.45) is 5.73 Å². The van der Waals surface area contributed by atoms with Gasteiger partial charge in [0.05, 0.1) is 6.04 Å². The van der Waals surface area contributed by atoms with Gasteiger partial charge in [0.1, 0.15) is 5.82 Å². The van der Waals surface area contributed by atoms with Gasteiger partial charge < -0.3 is 16.4 Å². The van der Waals surface area contributed by atoms with E-state index >= 15 is 0 Å². The molecule has 0 saturated heterocycles. The number of urea groups is 1. The highest BCUT2D eigenvalue weighted by Crippen LogP contribution is 2.24. The molecule has 0 fully saturated rings. The highest BCUT2D eigenvalue weighted by atomic mass is 79.9. The van der Waals surface area contributed by atoms with Crippen LogP contribution in [-0.2, 0) is 0 Å². The number of primary amides is 1. The molecule has 1 atom stereocenters. The maximum absolute atomic E-state index is 13.9. The minimum atomic E-state index is -0.610. The van der Waals surface area contributed by atoms with Gasteiger partial charge in [-0.1, -0.05) is 22.0 Å². The van der Waals surface area contributed by atoms with E-state index in [1.165, 1.54) is 6.07 Å². The lowest BCUT2D eigenvalue weighted by atomic mass is 10.1. The summed E-state index contributed by atoms with van der Waals surface area (Å²) >= 11 is 3.23. The quantitative estimate of drug-likeness (QED) is 0.770. The Labute approximate surface area is 130 Å². The predicted molar refractivity (Wildman–Crippen MR) is 85.8 cm³/mol. The third-order valence-electron chi connectivity index (χ3n) is 2.96. The molecular weight excluding hydrogens is 337 g/mol. The molecule has 21 heavy (non-hydrogen) atoms. The molecule has 0 saturated carbocycles. The number of amides is 2. The molecule has 0 aliphatic rings. The number of halogens is 2. The van der Waals surface area contributed by atoms with Gasteiger partial charge in [0.15, 0.2) is 0 Å². The van der Waals surface area contributed by atoms with Crippen LogP contribution in [-0.4, -0.2) is 6.03 Å². The number of nitrogens with two attached hydrogens (primary N) is 1. The summed E-state index contributed by atoms with van der Waals surface area (Å²) in [5, 5.41) is 5.68. The second-order valence-electron chi connectivity index (χ2n) is 4.60. The van der Waals surface area contributed by atoms with Crippen molar-refractivity contribution in [1.29, 1.82) is 0 Å². The summed E-state index contributed by atoms with van der Waals surface area (Å²) in [7, 11) is 0. The summed E-state index contributed by atoms with van der Waals surface area (Å²) in [6, 6.07) is 11.2. The highest BCUT2D eigenvalue weighted by molar-refractivity contribution is 9.10. The molecule has 0 heterocycles. The lowest BCUT2D eigenvalue weighted by molar-refractivity contribution is 0.259. The van der Waals surface area contributed by atoms with Crippen LogP contribution in [0.3, 0.4) is 0 Å². The molecular formula is C15H15BrFN3O. The van der Waals surface area contributed by atoms with E-state index in [-0.39, 0.29) is 11.9 Å². The number of carbonyl (C=O) groups is 1. The van der Waals surface area contributed by atoms with Crippen molar-refractivity contribution in [3.8, 4) is 0 Å². The monoisotopic (exact) mass is 351 g/mol. The number of hydrogen-bond acceptors (Lipinski definition) is 2. The van der Waals surface area contributed by atoms with Crippen LogP contribution in [0.2, 0.25) is 0 Å². The van der Waals surface area contributed by atoms with Crippen molar-refractivity contribution in [2.75, 3.05) is 10.6 Å². The van der Waals surface area contributed by atoms with Crippen molar-refractivity contribution >= 4 is 33.3 Å². The first kappa shape index (κ1) is 15.3. The standard InChI is InChI=1S/C15H15BrFN3O/c1-9(13-7-2-10(16)8-14(13)17)19-11-3-5-12(6-4-11)20-15(18)21/h2-9,19H,1H3,(H3,18,20,21). The van der Waals surface area contributed by atoms with Gasteiger partial charge in [0, 0.05) is 21.4 Å². The van der Waals surface area contributed by atoms with Crippen LogP contribution < -0.4 is 16.4 Å². The number of anilines is 2. The minimum Gasteiger partial charge on any atom is -0.378 e. The van der Waals surface area contributed by atoms with Crippen LogP contribution in [0, 0.1) is 5.82 Å². The van der Waals surface area contributed by atoms with Crippen LogP contribution in [0.5, 0.6) is 0 Å². The van der Waals surface area contributed by atoms with Crippen molar-refractivity contribution in [2.45, 2.75) is 13.0 Å². The predicted octanol–water partition coefficient (Wildman–Crippen LogP) is 4.25. The van der Waals surface area contributed by atoms with E-state index in [4.69, 9.17) is 5.73 Å². The summed E-state index contributed by atoms with van der Waals surface area (Å²) in [4.78, 5) is 10.7. The van der Waals surface area contributed by atoms with Crippen LogP contribution in [0.1, 0.15) is 18.5 Å². The lowest BCUT2D eigenvalue weighted by Crippen LogP contribution is -2.19. The maximum atomic E-state index is 13.9. The summed E-state index contributed by atoms with van der Waals surface area (Å²) in [6.07, 6.45) is 0. The van der Waals surface area contributed by atoms with E-state index in [1.54, 1.807) is 36.4 Å². The van der Waals surface area contributed by atoms with Crippen molar-refractivity contribution < 1.29 is 9.18 Å². The SMILES string of the molecule is CC(Nc1ccc(NC(N)=O)cc1)c1ccc(Br)cc1F. The Morgan fingerprint density at radius 3 is 2.38 bits per heavy atom. The first-order valence-electron chi connectivity index (χ1n) is 6.33. The Balaban J connectivity index is 2.08. The largest absolute Gasteiger partial charge is 0.378 e. The second kappa shape index (κ2) is 6.58. The van der Waals surface area contributed by atoms with Crippen LogP contribution >= 0.6 is 15.9 Å². The van der Waals surface area contributed by atoms with Gasteiger partial charge in [-0.3, -0.25) is 0 Å². The normalized spacial score (nSPS) is 11.8. The molecule has 0 radical (unpaired) electrons. The van der Waals surface area contributed by atoms with E-state index < -0.39 is 6.03 Å². The molecule has 2 aromatic carbocycles. The summed E-state index contributed by atoms with van der Waals surface area (Å²) < 4.78 is 14.6. The second-order valence-corrected chi connectivity index (χ2v) is 5.51. The summed E-state index contributed by atoms with van der Waals surface area (Å²) in [6.45, 7) is 1.88. The molecule has 0 aliphatic heterocycles. The highest BCUT2D eigenvalue weighted by Gasteiger charge is 2.11. The Morgan fingerprint density at radius 2 is 1.81 bits per heavy atom. The molecule has 4 nitrogen and oxygen atoms in total. The fraction of sp³-hybridized carbons (Fsp3) is 0.133. The van der Waals surface area contributed by atoms with Crippen LogP contribution in [0.25, 0.3) is 0 Å². The summed E-state index contributed by atoms with van der Waals surface area (Å²) in [5.74, 6) is -0.267. The van der Waals surface area contributed by atoms with Gasteiger partial charge in [-0.05, 0) is 43.3 Å². The van der Waals surface area contributed by atoms with E-state index in [9.17, 15) is 9.18 Å². The Morgan fingerprint density at radius 1 is 1.19 bits per heavy atom. The topological polar surface area (TPSA) is 67.2 Å². The van der Waals surface area contributed by atoms with E-state index in [1.807, 2.05) is 6.92 Å². The number of benzene rings is 2. The summed E-state index contributed by atoms with van der Waals surface area (Å²) in [5.41, 5.74) is 7.04. The fourth-order valence-electron chi connectivity index (χ4n) is 1.97.